The van der Waals surface area contributed by atoms with Gasteiger partial charge in [-0.15, -0.1) is 0 Å². The van der Waals surface area contributed by atoms with Gasteiger partial charge in [0.2, 0.25) is 0 Å². The number of carbonyl (C=O) groups excluding carboxylic acids is 2. The average molecular weight is 402 g/mol. The van der Waals surface area contributed by atoms with Crippen LogP contribution in [0.2, 0.25) is 10.0 Å². The highest BCUT2D eigenvalue weighted by molar-refractivity contribution is 6.35. The summed E-state index contributed by atoms with van der Waals surface area (Å²) in [6, 6.07) is 14.4. The summed E-state index contributed by atoms with van der Waals surface area (Å²) in [6.07, 6.45) is 3.22. The Morgan fingerprint density at radius 1 is 0.889 bits per heavy atom. The second-order valence-corrected chi connectivity index (χ2v) is 6.19. The summed E-state index contributed by atoms with van der Waals surface area (Å²) in [5.41, 5.74) is 5.12. The normalized spacial score (nSPS) is 10.1. The Bertz CT molecular complexity index is 964. The Morgan fingerprint density at radius 3 is 2.33 bits per heavy atom. The van der Waals surface area contributed by atoms with E-state index < -0.39 is 11.8 Å². The molecule has 0 aliphatic rings. The van der Waals surface area contributed by atoms with Gasteiger partial charge in [0, 0.05) is 16.8 Å². The van der Waals surface area contributed by atoms with Crippen molar-refractivity contribution in [1.29, 1.82) is 0 Å². The van der Waals surface area contributed by atoms with Gasteiger partial charge in [-0.3, -0.25) is 25.4 Å². The SMILES string of the molecule is O=C(NNC(=O)c1cc(Cl)ccc1Cl)c1ccc(Oc2cccnc2)cc1. The standard InChI is InChI=1S/C19H13Cl2N3O3/c20-13-5-8-17(21)16(10-13)19(26)24-23-18(25)12-3-6-14(7-4-12)27-15-2-1-9-22-11-15/h1-11H,(H,23,25)(H,24,26). The van der Waals surface area contributed by atoms with Crippen LogP contribution in [0.15, 0.2) is 67.0 Å². The molecule has 0 aliphatic carbocycles. The van der Waals surface area contributed by atoms with Gasteiger partial charge < -0.3 is 4.74 Å². The van der Waals surface area contributed by atoms with E-state index in [4.69, 9.17) is 27.9 Å². The highest BCUT2D eigenvalue weighted by Gasteiger charge is 2.13. The molecule has 0 saturated heterocycles. The van der Waals surface area contributed by atoms with Gasteiger partial charge in [-0.05, 0) is 54.6 Å². The lowest BCUT2D eigenvalue weighted by atomic mass is 10.2. The van der Waals surface area contributed by atoms with Crippen molar-refractivity contribution in [3.05, 3.63) is 88.2 Å². The molecule has 27 heavy (non-hydrogen) atoms. The Balaban J connectivity index is 1.59. The average Bonchev–Trinajstić information content (AvgIpc) is 2.69. The van der Waals surface area contributed by atoms with Gasteiger partial charge in [0.25, 0.3) is 11.8 Å². The minimum atomic E-state index is -0.576. The van der Waals surface area contributed by atoms with Gasteiger partial charge in [-0.25, -0.2) is 0 Å². The number of carbonyl (C=O) groups is 2. The summed E-state index contributed by atoms with van der Waals surface area (Å²) < 4.78 is 5.60. The molecule has 0 saturated carbocycles. The first-order valence-electron chi connectivity index (χ1n) is 7.76. The highest BCUT2D eigenvalue weighted by Crippen LogP contribution is 2.21. The first-order chi connectivity index (χ1) is 13.0. The quantitative estimate of drug-likeness (QED) is 0.640. The fourth-order valence-corrected chi connectivity index (χ4v) is 2.52. The molecular weight excluding hydrogens is 389 g/mol. The van der Waals surface area contributed by atoms with Crippen LogP contribution in [0.25, 0.3) is 0 Å². The number of aromatic nitrogens is 1. The zero-order valence-corrected chi connectivity index (χ0v) is 15.3. The van der Waals surface area contributed by atoms with Crippen LogP contribution in [0.1, 0.15) is 20.7 Å². The maximum absolute atomic E-state index is 12.2. The second kappa shape index (κ2) is 8.53. The van der Waals surface area contributed by atoms with Gasteiger partial charge in [-0.2, -0.15) is 0 Å². The minimum absolute atomic E-state index is 0.157. The van der Waals surface area contributed by atoms with Crippen molar-refractivity contribution in [3.8, 4) is 11.5 Å². The van der Waals surface area contributed by atoms with Crippen molar-refractivity contribution in [3.63, 3.8) is 0 Å². The van der Waals surface area contributed by atoms with Crippen LogP contribution >= 0.6 is 23.2 Å². The molecule has 3 aromatic rings. The van der Waals surface area contributed by atoms with Crippen LogP contribution in [-0.2, 0) is 0 Å². The Hall–Kier alpha value is -3.09. The van der Waals surface area contributed by atoms with Crippen molar-refractivity contribution in [2.24, 2.45) is 0 Å². The van der Waals surface area contributed by atoms with Gasteiger partial charge in [0.1, 0.15) is 11.5 Å². The summed E-state index contributed by atoms with van der Waals surface area (Å²) in [5, 5.41) is 0.586. The molecule has 0 bridgehead atoms. The zero-order chi connectivity index (χ0) is 19.2. The van der Waals surface area contributed by atoms with E-state index in [0.29, 0.717) is 22.1 Å². The molecule has 0 unspecified atom stereocenters. The lowest BCUT2D eigenvalue weighted by Gasteiger charge is -2.09. The molecule has 1 heterocycles. The maximum Gasteiger partial charge on any atom is 0.271 e. The molecule has 0 atom stereocenters. The second-order valence-electron chi connectivity index (χ2n) is 5.35. The fraction of sp³-hybridized carbons (Fsp3) is 0. The smallest absolute Gasteiger partial charge is 0.271 e. The number of rotatable bonds is 4. The Kier molecular flexibility index (Phi) is 5.90. The van der Waals surface area contributed by atoms with Crippen molar-refractivity contribution >= 4 is 35.0 Å². The third-order valence-corrected chi connectivity index (χ3v) is 4.01. The number of halogens is 2. The van der Waals surface area contributed by atoms with Crippen molar-refractivity contribution in [2.75, 3.05) is 0 Å². The summed E-state index contributed by atoms with van der Waals surface area (Å²) in [4.78, 5) is 28.2. The topological polar surface area (TPSA) is 80.3 Å². The molecule has 0 fully saturated rings. The van der Waals surface area contributed by atoms with E-state index in [1.54, 1.807) is 54.9 Å². The number of benzene rings is 2. The number of ether oxygens (including phenoxy) is 1. The molecule has 0 radical (unpaired) electrons. The third-order valence-electron chi connectivity index (χ3n) is 3.45. The van der Waals surface area contributed by atoms with E-state index in [-0.39, 0.29) is 10.6 Å². The van der Waals surface area contributed by atoms with Crippen molar-refractivity contribution in [2.45, 2.75) is 0 Å². The molecule has 0 spiro atoms. The van der Waals surface area contributed by atoms with Crippen LogP contribution in [0.5, 0.6) is 11.5 Å². The minimum Gasteiger partial charge on any atom is -0.456 e. The molecule has 2 amide bonds. The van der Waals surface area contributed by atoms with Crippen LogP contribution in [0.4, 0.5) is 0 Å². The third kappa shape index (κ3) is 4.97. The zero-order valence-electron chi connectivity index (χ0n) is 13.8. The molecule has 1 aromatic heterocycles. The Morgan fingerprint density at radius 2 is 1.63 bits per heavy atom. The van der Waals surface area contributed by atoms with E-state index in [2.05, 4.69) is 15.8 Å². The van der Waals surface area contributed by atoms with E-state index in [9.17, 15) is 9.59 Å². The lowest BCUT2D eigenvalue weighted by molar-refractivity contribution is 0.0846. The van der Waals surface area contributed by atoms with Crippen LogP contribution in [0, 0.1) is 0 Å². The number of hydrogen-bond acceptors (Lipinski definition) is 4. The molecule has 8 heteroatoms. The largest absolute Gasteiger partial charge is 0.456 e. The van der Waals surface area contributed by atoms with Gasteiger partial charge in [0.05, 0.1) is 16.8 Å². The molecular formula is C19H13Cl2N3O3. The van der Waals surface area contributed by atoms with E-state index in [0.717, 1.165) is 0 Å². The molecule has 6 nitrogen and oxygen atoms in total. The van der Waals surface area contributed by atoms with Gasteiger partial charge >= 0.3 is 0 Å². The fourth-order valence-electron chi connectivity index (χ4n) is 2.14. The number of hydrogen-bond donors (Lipinski definition) is 2. The number of amides is 2. The predicted molar refractivity (Wildman–Crippen MR) is 102 cm³/mol. The summed E-state index contributed by atoms with van der Waals surface area (Å²) in [6.45, 7) is 0. The van der Waals surface area contributed by atoms with Crippen molar-refractivity contribution < 1.29 is 14.3 Å². The van der Waals surface area contributed by atoms with Crippen LogP contribution in [0.3, 0.4) is 0 Å². The summed E-state index contributed by atoms with van der Waals surface area (Å²) >= 11 is 11.8. The molecule has 2 aromatic carbocycles. The first-order valence-corrected chi connectivity index (χ1v) is 8.52. The molecule has 2 N–H and O–H groups in total. The maximum atomic E-state index is 12.2. The highest BCUT2D eigenvalue weighted by atomic mass is 35.5. The van der Waals surface area contributed by atoms with Gasteiger partial charge in [-0.1, -0.05) is 23.2 Å². The predicted octanol–water partition coefficient (Wildman–Crippen LogP) is 4.26. The number of hydrazine groups is 1. The monoisotopic (exact) mass is 401 g/mol. The summed E-state index contributed by atoms with van der Waals surface area (Å²) in [5.74, 6) is 0.0662. The Labute approximate surface area is 165 Å². The van der Waals surface area contributed by atoms with E-state index in [1.807, 2.05) is 0 Å². The van der Waals surface area contributed by atoms with Gasteiger partial charge in [0.15, 0.2) is 0 Å². The van der Waals surface area contributed by atoms with Crippen LogP contribution in [-0.4, -0.2) is 16.8 Å². The number of pyridine rings is 1. The first kappa shape index (κ1) is 18.7. The number of nitrogens with zero attached hydrogens (tertiary/aromatic N) is 1. The lowest BCUT2D eigenvalue weighted by Crippen LogP contribution is -2.41. The molecule has 3 rings (SSSR count). The van der Waals surface area contributed by atoms with E-state index in [1.165, 1.54) is 12.1 Å². The van der Waals surface area contributed by atoms with Crippen molar-refractivity contribution in [1.82, 2.24) is 15.8 Å². The van der Waals surface area contributed by atoms with E-state index >= 15 is 0 Å². The summed E-state index contributed by atoms with van der Waals surface area (Å²) in [7, 11) is 0. The molecule has 0 aliphatic heterocycles. The molecule has 136 valence electrons. The number of nitrogens with one attached hydrogen (secondary N) is 2. The van der Waals surface area contributed by atoms with Crippen LogP contribution < -0.4 is 15.6 Å².